The van der Waals surface area contributed by atoms with Crippen molar-refractivity contribution in [3.8, 4) is 11.3 Å². The lowest BCUT2D eigenvalue weighted by atomic mass is 9.98. The molecule has 3 aromatic rings. The van der Waals surface area contributed by atoms with Gasteiger partial charge < -0.3 is 10.1 Å². The first kappa shape index (κ1) is 16.1. The molecule has 5 nitrogen and oxygen atoms in total. The van der Waals surface area contributed by atoms with Gasteiger partial charge in [0.15, 0.2) is 0 Å². The number of aromatic nitrogens is 2. The van der Waals surface area contributed by atoms with E-state index in [4.69, 9.17) is 9.84 Å². The van der Waals surface area contributed by atoms with Crippen molar-refractivity contribution in [3.05, 3.63) is 84.1 Å². The zero-order valence-electron chi connectivity index (χ0n) is 14.4. The summed E-state index contributed by atoms with van der Waals surface area (Å²) in [5.41, 5.74) is 3.40. The van der Waals surface area contributed by atoms with Crippen LogP contribution in [0.1, 0.15) is 18.5 Å². The minimum Gasteiger partial charge on any atom is -0.463 e. The number of hydrogen-bond donors (Lipinski definition) is 1. The summed E-state index contributed by atoms with van der Waals surface area (Å²) in [5.74, 6) is 0.502. The lowest BCUT2D eigenvalue weighted by Gasteiger charge is -2.26. The summed E-state index contributed by atoms with van der Waals surface area (Å²) in [7, 11) is 0. The van der Waals surface area contributed by atoms with E-state index < -0.39 is 0 Å². The third kappa shape index (κ3) is 2.88. The average Bonchev–Trinajstić information content (AvgIpc) is 3.13. The van der Waals surface area contributed by atoms with E-state index >= 15 is 0 Å². The summed E-state index contributed by atoms with van der Waals surface area (Å²) < 4.78 is 7.10. The van der Waals surface area contributed by atoms with Crippen molar-refractivity contribution in [2.75, 3.05) is 11.9 Å². The van der Waals surface area contributed by atoms with Gasteiger partial charge in [0, 0.05) is 17.8 Å². The highest BCUT2D eigenvalue weighted by atomic mass is 16.5. The number of anilines is 1. The number of benzene rings is 2. The van der Waals surface area contributed by atoms with Crippen LogP contribution in [0.15, 0.2) is 78.5 Å². The molecule has 0 amide bonds. The Morgan fingerprint density at radius 2 is 1.81 bits per heavy atom. The molecular weight excluding hydrogens is 326 g/mol. The van der Waals surface area contributed by atoms with Crippen LogP contribution in [0.2, 0.25) is 0 Å². The highest BCUT2D eigenvalue weighted by molar-refractivity contribution is 5.91. The molecule has 4 rings (SSSR count). The van der Waals surface area contributed by atoms with Crippen molar-refractivity contribution in [1.29, 1.82) is 0 Å². The van der Waals surface area contributed by atoms with Crippen molar-refractivity contribution in [2.45, 2.75) is 13.0 Å². The molecule has 2 heterocycles. The van der Waals surface area contributed by atoms with Gasteiger partial charge in [0.1, 0.15) is 11.9 Å². The SMILES string of the molecule is CCOC(=O)C1=CNc2cc(-c3ccccc3)nn2[C@H]1c1ccccc1. The summed E-state index contributed by atoms with van der Waals surface area (Å²) >= 11 is 0. The molecule has 26 heavy (non-hydrogen) atoms. The molecular formula is C21H19N3O2. The molecule has 0 saturated carbocycles. The van der Waals surface area contributed by atoms with Crippen LogP contribution >= 0.6 is 0 Å². The van der Waals surface area contributed by atoms with Gasteiger partial charge in [-0.05, 0) is 12.5 Å². The van der Waals surface area contributed by atoms with Crippen LogP contribution in [0, 0.1) is 0 Å². The van der Waals surface area contributed by atoms with Crippen LogP contribution in [0.4, 0.5) is 5.82 Å². The number of hydrogen-bond acceptors (Lipinski definition) is 4. The zero-order valence-corrected chi connectivity index (χ0v) is 14.4. The van der Waals surface area contributed by atoms with Crippen molar-refractivity contribution in [1.82, 2.24) is 9.78 Å². The summed E-state index contributed by atoms with van der Waals surface area (Å²) in [6.07, 6.45) is 1.72. The van der Waals surface area contributed by atoms with Gasteiger partial charge >= 0.3 is 5.97 Å². The number of carbonyl (C=O) groups excluding carboxylic acids is 1. The Bertz CT molecular complexity index is 946. The van der Waals surface area contributed by atoms with Gasteiger partial charge in [-0.1, -0.05) is 60.7 Å². The minimum atomic E-state index is -0.337. The molecule has 0 bridgehead atoms. The molecule has 130 valence electrons. The lowest BCUT2D eigenvalue weighted by Crippen LogP contribution is -2.26. The third-order valence-corrected chi connectivity index (χ3v) is 4.35. The molecule has 2 aromatic carbocycles. The van der Waals surface area contributed by atoms with Crippen LogP contribution in [0.3, 0.4) is 0 Å². The smallest absolute Gasteiger partial charge is 0.338 e. The number of fused-ring (bicyclic) bond motifs is 1. The Hall–Kier alpha value is -3.34. The number of esters is 1. The fraction of sp³-hybridized carbons (Fsp3) is 0.143. The van der Waals surface area contributed by atoms with Gasteiger partial charge in [0.25, 0.3) is 0 Å². The average molecular weight is 345 g/mol. The first-order valence-electron chi connectivity index (χ1n) is 8.61. The molecule has 0 aliphatic carbocycles. The third-order valence-electron chi connectivity index (χ3n) is 4.35. The molecule has 0 saturated heterocycles. The van der Waals surface area contributed by atoms with E-state index in [0.29, 0.717) is 12.2 Å². The lowest BCUT2D eigenvalue weighted by molar-refractivity contribution is -0.139. The maximum Gasteiger partial charge on any atom is 0.338 e. The second-order valence-corrected chi connectivity index (χ2v) is 6.00. The number of carbonyl (C=O) groups is 1. The Morgan fingerprint density at radius 3 is 2.50 bits per heavy atom. The number of rotatable bonds is 4. The second kappa shape index (κ2) is 6.88. The normalized spacial score (nSPS) is 15.6. The number of ether oxygens (including phenoxy) is 1. The Kier molecular flexibility index (Phi) is 4.27. The maximum absolute atomic E-state index is 12.5. The van der Waals surface area contributed by atoms with Crippen LogP contribution in [-0.4, -0.2) is 22.4 Å². The highest BCUT2D eigenvalue weighted by Gasteiger charge is 2.31. The zero-order chi connectivity index (χ0) is 17.9. The van der Waals surface area contributed by atoms with E-state index in [0.717, 1.165) is 22.6 Å². The monoisotopic (exact) mass is 345 g/mol. The summed E-state index contributed by atoms with van der Waals surface area (Å²) in [6.45, 7) is 2.14. The molecule has 1 aliphatic heterocycles. The Morgan fingerprint density at radius 1 is 1.12 bits per heavy atom. The highest BCUT2D eigenvalue weighted by Crippen LogP contribution is 2.35. The largest absolute Gasteiger partial charge is 0.463 e. The van der Waals surface area contributed by atoms with E-state index in [1.807, 2.05) is 71.4 Å². The molecule has 0 radical (unpaired) electrons. The van der Waals surface area contributed by atoms with Crippen LogP contribution < -0.4 is 5.32 Å². The molecule has 1 aliphatic rings. The van der Waals surface area contributed by atoms with Crippen molar-refractivity contribution in [2.24, 2.45) is 0 Å². The van der Waals surface area contributed by atoms with Gasteiger partial charge in [-0.2, -0.15) is 5.10 Å². The minimum absolute atomic E-state index is 0.330. The van der Waals surface area contributed by atoms with Crippen LogP contribution in [0.5, 0.6) is 0 Å². The topological polar surface area (TPSA) is 56.1 Å². The van der Waals surface area contributed by atoms with Gasteiger partial charge in [-0.15, -0.1) is 0 Å². The van der Waals surface area contributed by atoms with E-state index in [2.05, 4.69) is 5.32 Å². The number of nitrogens with one attached hydrogen (secondary N) is 1. The molecule has 0 fully saturated rings. The predicted molar refractivity (Wildman–Crippen MR) is 101 cm³/mol. The van der Waals surface area contributed by atoms with E-state index in [-0.39, 0.29) is 12.0 Å². The molecule has 5 heteroatoms. The Balaban J connectivity index is 1.81. The molecule has 1 atom stereocenters. The van der Waals surface area contributed by atoms with Crippen LogP contribution in [0.25, 0.3) is 11.3 Å². The first-order valence-corrected chi connectivity index (χ1v) is 8.61. The standard InChI is InChI=1S/C21H19N3O2/c1-2-26-21(25)17-14-22-19-13-18(15-9-5-3-6-10-15)23-24(19)20(17)16-11-7-4-8-12-16/h3-14,20,22H,2H2,1H3/t20-/m0/s1. The molecule has 0 spiro atoms. The second-order valence-electron chi connectivity index (χ2n) is 6.00. The van der Waals surface area contributed by atoms with Crippen molar-refractivity contribution >= 4 is 11.8 Å². The van der Waals surface area contributed by atoms with Crippen molar-refractivity contribution < 1.29 is 9.53 Å². The van der Waals surface area contributed by atoms with Gasteiger partial charge in [0.05, 0.1) is 17.9 Å². The van der Waals surface area contributed by atoms with Gasteiger partial charge in [0.2, 0.25) is 0 Å². The van der Waals surface area contributed by atoms with E-state index in [9.17, 15) is 4.79 Å². The molecule has 1 N–H and O–H groups in total. The number of nitrogens with zero attached hydrogens (tertiary/aromatic N) is 2. The molecule has 1 aromatic heterocycles. The fourth-order valence-corrected chi connectivity index (χ4v) is 3.15. The quantitative estimate of drug-likeness (QED) is 0.726. The van der Waals surface area contributed by atoms with Crippen molar-refractivity contribution in [3.63, 3.8) is 0 Å². The Labute approximate surface area is 151 Å². The summed E-state index contributed by atoms with van der Waals surface area (Å²) in [5, 5.41) is 7.96. The first-order chi connectivity index (χ1) is 12.8. The predicted octanol–water partition coefficient (Wildman–Crippen LogP) is 4.01. The fourth-order valence-electron chi connectivity index (χ4n) is 3.15. The van der Waals surface area contributed by atoms with Gasteiger partial charge in [-0.3, -0.25) is 0 Å². The summed E-state index contributed by atoms with van der Waals surface area (Å²) in [4.78, 5) is 12.5. The maximum atomic E-state index is 12.5. The molecule has 0 unspecified atom stereocenters. The van der Waals surface area contributed by atoms with Gasteiger partial charge in [-0.25, -0.2) is 9.48 Å². The van der Waals surface area contributed by atoms with E-state index in [1.54, 1.807) is 13.1 Å². The summed E-state index contributed by atoms with van der Waals surface area (Å²) in [6, 6.07) is 21.5. The van der Waals surface area contributed by atoms with Crippen LogP contribution in [-0.2, 0) is 9.53 Å². The van der Waals surface area contributed by atoms with E-state index in [1.165, 1.54) is 0 Å².